The summed E-state index contributed by atoms with van der Waals surface area (Å²) in [5, 5.41) is 11.6. The predicted octanol–water partition coefficient (Wildman–Crippen LogP) is 5.93. The number of allylic oxidation sites excluding steroid dienone is 1. The van der Waals surface area contributed by atoms with E-state index >= 15 is 0 Å². The van der Waals surface area contributed by atoms with E-state index in [1.165, 1.54) is 27.4 Å². The zero-order valence-electron chi connectivity index (χ0n) is 25.6. The fraction of sp³-hybridized carbons (Fsp3) is 0.821. The first-order valence-electron chi connectivity index (χ1n) is 13.5. The molecule has 0 heterocycles. The van der Waals surface area contributed by atoms with E-state index in [2.05, 4.69) is 67.7 Å². The van der Waals surface area contributed by atoms with Crippen LogP contribution in [-0.4, -0.2) is 78.3 Å². The summed E-state index contributed by atoms with van der Waals surface area (Å²) < 4.78 is 30.9. The Bertz CT molecular complexity index is 1000. The second kappa shape index (κ2) is 10.1. The molecule has 5 atom stereocenters. The molecule has 2 fully saturated rings. The van der Waals surface area contributed by atoms with Crippen LogP contribution >= 0.6 is 11.6 Å². The van der Waals surface area contributed by atoms with Crippen LogP contribution in [0.25, 0.3) is 0 Å². The molecule has 3 rings (SSSR count). The lowest BCUT2D eigenvalue weighted by Gasteiger charge is -2.46. The molecule has 0 aromatic rings. The van der Waals surface area contributed by atoms with Gasteiger partial charge in [-0.15, -0.1) is 11.6 Å². The van der Waals surface area contributed by atoms with Crippen LogP contribution in [0.2, 0.25) is 36.3 Å². The lowest BCUT2D eigenvalue weighted by Crippen LogP contribution is -2.54. The third kappa shape index (κ3) is 4.63. The van der Waals surface area contributed by atoms with Gasteiger partial charge in [0.15, 0.2) is 22.4 Å². The van der Waals surface area contributed by atoms with Crippen LogP contribution in [0.3, 0.4) is 0 Å². The van der Waals surface area contributed by atoms with E-state index in [0.29, 0.717) is 18.4 Å². The maximum Gasteiger partial charge on any atom is 0.293 e. The molecule has 2 saturated carbocycles. The highest BCUT2D eigenvalue weighted by Gasteiger charge is 2.69. The Labute approximate surface area is 236 Å². The summed E-state index contributed by atoms with van der Waals surface area (Å²) in [5.74, 6) is -1.82. The zero-order chi connectivity index (χ0) is 29.3. The molecule has 218 valence electrons. The number of hydrogen-bond donors (Lipinski definition) is 1. The minimum atomic E-state index is -2.31. The Kier molecular flexibility index (Phi) is 8.49. The fourth-order valence-corrected chi connectivity index (χ4v) is 8.91. The van der Waals surface area contributed by atoms with Crippen molar-refractivity contribution < 1.29 is 33.0 Å². The summed E-state index contributed by atoms with van der Waals surface area (Å²) in [7, 11) is -0.230. The largest absolute Gasteiger partial charge is 0.495 e. The summed E-state index contributed by atoms with van der Waals surface area (Å²) in [6.07, 6.45) is 0.505. The third-order valence-corrected chi connectivity index (χ3v) is 19.5. The summed E-state index contributed by atoms with van der Waals surface area (Å²) >= 11 is 7.27. The topological polar surface area (TPSA) is 83.5 Å². The minimum Gasteiger partial charge on any atom is -0.495 e. The Morgan fingerprint density at radius 3 is 1.89 bits per heavy atom. The third-order valence-electron chi connectivity index (χ3n) is 9.96. The number of ketones is 1. The molecule has 3 aliphatic carbocycles. The Hall–Kier alpha value is -0.526. The van der Waals surface area contributed by atoms with Crippen molar-refractivity contribution in [2.24, 2.45) is 5.41 Å². The molecule has 10 heteroatoms. The average molecular weight is 589 g/mol. The van der Waals surface area contributed by atoms with Crippen molar-refractivity contribution in [1.29, 1.82) is 0 Å². The second-order valence-electron chi connectivity index (χ2n) is 14.0. The first-order chi connectivity index (χ1) is 17.2. The fourth-order valence-electron chi connectivity index (χ4n) is 5.68. The van der Waals surface area contributed by atoms with Gasteiger partial charge in [0.05, 0.1) is 36.2 Å². The van der Waals surface area contributed by atoms with Crippen molar-refractivity contribution in [1.82, 2.24) is 0 Å². The second-order valence-corrected chi connectivity index (χ2v) is 24.1. The molecule has 0 amide bonds. The molecule has 0 aromatic heterocycles. The van der Waals surface area contributed by atoms with E-state index in [1.54, 1.807) is 0 Å². The number of halogens is 1. The van der Waals surface area contributed by atoms with Gasteiger partial charge in [-0.05, 0) is 54.3 Å². The van der Waals surface area contributed by atoms with Crippen molar-refractivity contribution in [2.45, 2.75) is 120 Å². The van der Waals surface area contributed by atoms with Crippen molar-refractivity contribution in [2.75, 3.05) is 21.3 Å². The minimum absolute atomic E-state index is 0.0425. The molecule has 3 aliphatic rings. The van der Waals surface area contributed by atoms with E-state index in [0.717, 1.165) is 5.57 Å². The average Bonchev–Trinajstić information content (AvgIpc) is 3.20. The van der Waals surface area contributed by atoms with Gasteiger partial charge in [-0.1, -0.05) is 41.5 Å². The number of carbonyl (C=O) groups excluding carboxylic acids is 1. The first-order valence-corrected chi connectivity index (χ1v) is 19.8. The maximum absolute atomic E-state index is 13.6. The SMILES string of the molecule is COC1=C2C[C@H](Cl)[C@@]3(C2=CC(=O)C1(OC)OC)[C@@H](O[Si](C)(C)C(C)(C)C)C[C@@H](O[Si](C)(C)C(C)(C)C)[C@H]3O. The number of aliphatic hydroxyl groups is 1. The quantitative estimate of drug-likeness (QED) is 0.224. The van der Waals surface area contributed by atoms with Gasteiger partial charge < -0.3 is 28.2 Å². The van der Waals surface area contributed by atoms with E-state index in [-0.39, 0.29) is 15.8 Å². The number of fused-ring (bicyclic) bond motifs is 2. The smallest absolute Gasteiger partial charge is 0.293 e. The van der Waals surface area contributed by atoms with Crippen LogP contribution in [0.15, 0.2) is 23.0 Å². The number of methoxy groups -OCH3 is 3. The number of alkyl halides is 1. The molecule has 0 saturated heterocycles. The van der Waals surface area contributed by atoms with E-state index in [1.807, 2.05) is 0 Å². The van der Waals surface area contributed by atoms with Gasteiger partial charge in [0.25, 0.3) is 5.79 Å². The molecule has 0 aliphatic heterocycles. The van der Waals surface area contributed by atoms with Gasteiger partial charge in [-0.2, -0.15) is 0 Å². The summed E-state index contributed by atoms with van der Waals surface area (Å²) in [4.78, 5) is 13.6. The monoisotopic (exact) mass is 588 g/mol. The Morgan fingerprint density at radius 1 is 0.947 bits per heavy atom. The van der Waals surface area contributed by atoms with Gasteiger partial charge in [0.1, 0.15) is 0 Å². The van der Waals surface area contributed by atoms with E-state index in [9.17, 15) is 9.90 Å². The molecular weight excluding hydrogens is 540 g/mol. The van der Waals surface area contributed by atoms with Crippen LogP contribution in [0.4, 0.5) is 0 Å². The highest BCUT2D eigenvalue weighted by atomic mass is 35.5. The van der Waals surface area contributed by atoms with Crippen molar-refractivity contribution in [3.63, 3.8) is 0 Å². The van der Waals surface area contributed by atoms with Gasteiger partial charge in [0, 0.05) is 26.2 Å². The number of aliphatic hydroxyl groups excluding tert-OH is 1. The van der Waals surface area contributed by atoms with Crippen LogP contribution in [0.5, 0.6) is 0 Å². The summed E-state index contributed by atoms with van der Waals surface area (Å²) in [6.45, 7) is 21.9. The number of rotatable bonds is 7. The van der Waals surface area contributed by atoms with Crippen molar-refractivity contribution >= 4 is 34.0 Å². The molecule has 1 spiro atoms. The Balaban J connectivity index is 2.23. The van der Waals surface area contributed by atoms with E-state index < -0.39 is 57.3 Å². The number of ether oxygens (including phenoxy) is 3. The number of carbonyl (C=O) groups is 1. The van der Waals surface area contributed by atoms with Crippen LogP contribution in [0.1, 0.15) is 54.4 Å². The van der Waals surface area contributed by atoms with Crippen LogP contribution in [-0.2, 0) is 27.9 Å². The summed E-state index contributed by atoms with van der Waals surface area (Å²) in [6, 6.07) is 0. The van der Waals surface area contributed by atoms with E-state index in [4.69, 9.17) is 34.7 Å². The maximum atomic E-state index is 13.6. The van der Waals surface area contributed by atoms with Crippen LogP contribution < -0.4 is 0 Å². The molecule has 7 nitrogen and oxygen atoms in total. The highest BCUT2D eigenvalue weighted by Crippen LogP contribution is 2.63. The molecule has 0 radical (unpaired) electrons. The highest BCUT2D eigenvalue weighted by molar-refractivity contribution is 6.74. The van der Waals surface area contributed by atoms with Gasteiger partial charge in [-0.25, -0.2) is 0 Å². The van der Waals surface area contributed by atoms with Crippen molar-refractivity contribution in [3.8, 4) is 0 Å². The standard InChI is InChI=1S/C28H49ClO7Si2/c1-25(2,3)37(10,11)35-19-16-22(36-38(12,13)26(4,5)6)27(23(19)31)18-15-21(30)28(33-8,34-9)24(32-7)17(18)14-20(27)29/h15,19-20,22-23,31H,14,16H2,1-13H3/t19-,20+,22+,23-,27+/m1/s1. The zero-order valence-corrected chi connectivity index (χ0v) is 28.3. The van der Waals surface area contributed by atoms with Gasteiger partial charge in [0.2, 0.25) is 5.78 Å². The molecule has 38 heavy (non-hydrogen) atoms. The summed E-state index contributed by atoms with van der Waals surface area (Å²) in [5.41, 5.74) is 0.334. The molecule has 1 N–H and O–H groups in total. The van der Waals surface area contributed by atoms with Gasteiger partial charge in [-0.3, -0.25) is 4.79 Å². The van der Waals surface area contributed by atoms with Gasteiger partial charge >= 0.3 is 0 Å². The molecule has 0 aromatic carbocycles. The molecular formula is C28H49ClO7Si2. The normalized spacial score (nSPS) is 32.2. The molecule has 0 unspecified atom stereocenters. The Morgan fingerprint density at radius 2 is 1.45 bits per heavy atom. The lowest BCUT2D eigenvalue weighted by atomic mass is 9.73. The lowest BCUT2D eigenvalue weighted by molar-refractivity contribution is -0.200. The van der Waals surface area contributed by atoms with Crippen LogP contribution in [0, 0.1) is 5.41 Å². The number of hydrogen-bond acceptors (Lipinski definition) is 7. The first kappa shape index (κ1) is 32.0. The predicted molar refractivity (Wildman–Crippen MR) is 155 cm³/mol. The van der Waals surface area contributed by atoms with Crippen molar-refractivity contribution in [3.05, 3.63) is 23.0 Å². The molecule has 0 bridgehead atoms.